The van der Waals surface area contributed by atoms with Gasteiger partial charge in [0.05, 0.1) is 10.0 Å². The number of rotatable bonds is 3. The van der Waals surface area contributed by atoms with E-state index in [1.807, 2.05) is 6.07 Å². The van der Waals surface area contributed by atoms with E-state index in [1.54, 1.807) is 12.1 Å². The second-order valence-corrected chi connectivity index (χ2v) is 7.62. The smallest absolute Gasteiger partial charge is 0.227 e. The minimum atomic E-state index is -1.38. The van der Waals surface area contributed by atoms with Crippen LogP contribution in [0.2, 0.25) is 25.1 Å². The highest BCUT2D eigenvalue weighted by Crippen LogP contribution is 2.39. The summed E-state index contributed by atoms with van der Waals surface area (Å²) in [5.41, 5.74) is 5.65. The summed E-state index contributed by atoms with van der Waals surface area (Å²) in [4.78, 5) is 0. The molecule has 0 spiro atoms. The Balaban J connectivity index is 0.000000260. The molecule has 2 rings (SSSR count). The van der Waals surface area contributed by atoms with E-state index < -0.39 is 16.7 Å². The molecular formula is C14H12Cl5N3O3S. The Morgan fingerprint density at radius 1 is 1.12 bits per heavy atom. The predicted molar refractivity (Wildman–Crippen MR) is 109 cm³/mol. The van der Waals surface area contributed by atoms with Crippen molar-refractivity contribution in [3.05, 3.63) is 60.1 Å². The van der Waals surface area contributed by atoms with E-state index in [0.29, 0.717) is 15.8 Å². The van der Waals surface area contributed by atoms with Gasteiger partial charge >= 0.3 is 0 Å². The fourth-order valence-corrected chi connectivity index (χ4v) is 3.38. The van der Waals surface area contributed by atoms with Gasteiger partial charge in [-0.15, -0.1) is 0 Å². The third-order valence-electron chi connectivity index (χ3n) is 2.76. The van der Waals surface area contributed by atoms with E-state index in [2.05, 4.69) is 0 Å². The zero-order valence-electron chi connectivity index (χ0n) is 12.7. The first-order chi connectivity index (χ1) is 12.0. The standard InChI is InChI=1S/C8H8Cl2N2S.C6H4Cl3NO3/c9-6-2-1-5(7(10)3-6)4-13-8(11)12;7-2-1-3(8)6(11)5(4(2)9)10(12)13/h1-3H,4H2,(H3,11,12);1,10-12H. The summed E-state index contributed by atoms with van der Waals surface area (Å²) in [6.45, 7) is 0. The van der Waals surface area contributed by atoms with Crippen LogP contribution in [0.25, 0.3) is 0 Å². The molecule has 1 unspecified atom stereocenters. The largest absolute Gasteiger partial charge is 0.595 e. The minimum absolute atomic E-state index is 0.0122. The molecule has 2 aromatic carbocycles. The molecule has 0 saturated carbocycles. The highest BCUT2D eigenvalue weighted by Gasteiger charge is 2.20. The van der Waals surface area contributed by atoms with Crippen molar-refractivity contribution in [2.75, 3.05) is 0 Å². The number of hydrogen-bond donors (Lipinski definition) is 5. The van der Waals surface area contributed by atoms with E-state index in [1.165, 1.54) is 17.8 Å². The van der Waals surface area contributed by atoms with Gasteiger partial charge in [-0.25, -0.2) is 5.21 Å². The molecule has 6 nitrogen and oxygen atoms in total. The van der Waals surface area contributed by atoms with E-state index in [9.17, 15) is 10.3 Å². The number of phenolic OH excluding ortho intramolecular Hbond substituents is 1. The Labute approximate surface area is 178 Å². The number of nitrogens with two attached hydrogens (primary N) is 1. The summed E-state index contributed by atoms with van der Waals surface area (Å²) < 4.78 is 0. The van der Waals surface area contributed by atoms with Crippen LogP contribution in [0.3, 0.4) is 0 Å². The van der Waals surface area contributed by atoms with Gasteiger partial charge in [-0.2, -0.15) is 5.23 Å². The molecule has 6 N–H and O–H groups in total. The van der Waals surface area contributed by atoms with Crippen LogP contribution in [0.1, 0.15) is 5.56 Å². The lowest BCUT2D eigenvalue weighted by Crippen LogP contribution is -2.99. The van der Waals surface area contributed by atoms with Crippen LogP contribution in [-0.4, -0.2) is 15.5 Å². The van der Waals surface area contributed by atoms with Crippen LogP contribution in [0.15, 0.2) is 24.3 Å². The number of benzene rings is 2. The molecule has 0 aromatic heterocycles. The number of thioether (sulfide) groups is 1. The lowest BCUT2D eigenvalue weighted by molar-refractivity contribution is -0.991. The van der Waals surface area contributed by atoms with E-state index in [4.69, 9.17) is 74.4 Å². The van der Waals surface area contributed by atoms with E-state index >= 15 is 0 Å². The Morgan fingerprint density at radius 2 is 1.73 bits per heavy atom. The molecule has 0 radical (unpaired) electrons. The topological polar surface area (TPSA) is 118 Å². The van der Waals surface area contributed by atoms with Crippen LogP contribution in [0.5, 0.6) is 5.75 Å². The fraction of sp³-hybridized carbons (Fsp3) is 0.0714. The summed E-state index contributed by atoms with van der Waals surface area (Å²) in [6, 6.07) is 6.45. The second kappa shape index (κ2) is 10.7. The summed E-state index contributed by atoms with van der Waals surface area (Å²) in [5.74, 6) is 0.0225. The van der Waals surface area contributed by atoms with Crippen molar-refractivity contribution in [2.24, 2.45) is 5.73 Å². The molecule has 0 saturated heterocycles. The van der Waals surface area contributed by atoms with Crippen molar-refractivity contribution < 1.29 is 15.5 Å². The number of halogens is 5. The van der Waals surface area contributed by atoms with Gasteiger partial charge in [-0.3, -0.25) is 5.41 Å². The van der Waals surface area contributed by atoms with Crippen molar-refractivity contribution in [3.63, 3.8) is 0 Å². The molecule has 12 heteroatoms. The van der Waals surface area contributed by atoms with Crippen LogP contribution < -0.4 is 11.0 Å². The number of aromatic hydroxyl groups is 1. The van der Waals surface area contributed by atoms with Crippen molar-refractivity contribution in [2.45, 2.75) is 5.75 Å². The van der Waals surface area contributed by atoms with Crippen LogP contribution in [0.4, 0.5) is 5.69 Å². The number of amidine groups is 1. The first kappa shape index (κ1) is 23.4. The van der Waals surface area contributed by atoms with E-state index in [0.717, 1.165) is 5.56 Å². The molecule has 142 valence electrons. The Kier molecular flexibility index (Phi) is 9.60. The maximum Gasteiger partial charge on any atom is 0.227 e. The number of hydrogen-bond acceptors (Lipinski definition) is 5. The zero-order chi connectivity index (χ0) is 20.0. The average molecular weight is 480 g/mol. The monoisotopic (exact) mass is 477 g/mol. The molecule has 0 fully saturated rings. The fourth-order valence-electron chi connectivity index (χ4n) is 1.58. The van der Waals surface area contributed by atoms with Crippen LogP contribution >= 0.6 is 69.8 Å². The average Bonchev–Trinajstić information content (AvgIpc) is 2.52. The quantitative estimate of drug-likeness (QED) is 0.141. The summed E-state index contributed by atoms with van der Waals surface area (Å²) in [7, 11) is 0. The van der Waals surface area contributed by atoms with Gasteiger partial charge in [0.2, 0.25) is 11.4 Å². The van der Waals surface area contributed by atoms with Crippen LogP contribution in [-0.2, 0) is 5.75 Å². The first-order valence-corrected chi connectivity index (χ1v) is 9.42. The molecule has 0 bridgehead atoms. The van der Waals surface area contributed by atoms with Crippen molar-refractivity contribution >= 4 is 80.6 Å². The third-order valence-corrected chi connectivity index (χ3v) is 5.19. The number of quaternary nitrogens is 1. The molecule has 26 heavy (non-hydrogen) atoms. The lowest BCUT2D eigenvalue weighted by atomic mass is 10.2. The summed E-state index contributed by atoms with van der Waals surface area (Å²) >= 11 is 29.4. The van der Waals surface area contributed by atoms with Gasteiger partial charge < -0.3 is 16.0 Å². The molecule has 0 amide bonds. The third kappa shape index (κ3) is 6.84. The molecule has 0 heterocycles. The Hall–Kier alpha value is -0.610. The summed E-state index contributed by atoms with van der Waals surface area (Å²) in [5, 5.41) is 35.0. The SMILES string of the molecule is N=C(N)SCc1ccc(Cl)cc1Cl.[O-][NH+](O)c1c(O)c(Cl)cc(Cl)c1Cl. The highest BCUT2D eigenvalue weighted by molar-refractivity contribution is 8.13. The van der Waals surface area contributed by atoms with Gasteiger partial charge in [-0.1, -0.05) is 75.8 Å². The zero-order valence-corrected chi connectivity index (χ0v) is 17.3. The normalized spacial score (nSPS) is 11.5. The maximum absolute atomic E-state index is 10.6. The van der Waals surface area contributed by atoms with Gasteiger partial charge in [0.25, 0.3) is 0 Å². The van der Waals surface area contributed by atoms with Gasteiger partial charge in [0.15, 0.2) is 5.17 Å². The van der Waals surface area contributed by atoms with Gasteiger partial charge in [-0.05, 0) is 23.8 Å². The number of nitrogens with one attached hydrogen (secondary N) is 2. The molecule has 0 aliphatic heterocycles. The lowest BCUT2D eigenvalue weighted by Gasteiger charge is -2.15. The first-order valence-electron chi connectivity index (χ1n) is 6.55. The van der Waals surface area contributed by atoms with Crippen molar-refractivity contribution in [1.82, 2.24) is 0 Å². The number of phenols is 1. The molecule has 1 atom stereocenters. The Morgan fingerprint density at radius 3 is 2.23 bits per heavy atom. The maximum atomic E-state index is 10.6. The molecule has 0 aliphatic carbocycles. The van der Waals surface area contributed by atoms with E-state index in [-0.39, 0.29) is 20.2 Å². The molecule has 0 aliphatic rings. The Bertz CT molecular complexity index is 782. The van der Waals surface area contributed by atoms with Gasteiger partial charge in [0.1, 0.15) is 5.02 Å². The molecular weight excluding hydrogens is 468 g/mol. The predicted octanol–water partition coefficient (Wildman–Crippen LogP) is 4.88. The molecule has 2 aromatic rings. The summed E-state index contributed by atoms with van der Waals surface area (Å²) in [6.07, 6.45) is 0. The van der Waals surface area contributed by atoms with Gasteiger partial charge in [0, 0.05) is 15.8 Å². The minimum Gasteiger partial charge on any atom is -0.595 e. The second-order valence-electron chi connectivity index (χ2n) is 4.57. The van der Waals surface area contributed by atoms with Crippen molar-refractivity contribution in [1.29, 1.82) is 5.41 Å². The van der Waals surface area contributed by atoms with Crippen LogP contribution in [0, 0.1) is 10.6 Å². The highest BCUT2D eigenvalue weighted by atomic mass is 35.5. The van der Waals surface area contributed by atoms with Crippen molar-refractivity contribution in [3.8, 4) is 5.75 Å².